The number of benzene rings is 1. The minimum Gasteiger partial charge on any atom is -0.356 e. The average molecular weight is 498 g/mol. The quantitative estimate of drug-likeness (QED) is 0.369. The zero-order chi connectivity index (χ0) is 15.1. The van der Waals surface area contributed by atoms with Gasteiger partial charge in [0, 0.05) is 18.5 Å². The Morgan fingerprint density at radius 1 is 1.18 bits per heavy atom. The molecule has 0 radical (unpaired) electrons. The van der Waals surface area contributed by atoms with Gasteiger partial charge in [0.25, 0.3) is 0 Å². The molecule has 2 N–H and O–H groups in total. The van der Waals surface area contributed by atoms with Gasteiger partial charge in [-0.2, -0.15) is 0 Å². The van der Waals surface area contributed by atoms with Crippen molar-refractivity contribution in [3.63, 3.8) is 0 Å². The molecule has 0 fully saturated rings. The van der Waals surface area contributed by atoms with Crippen molar-refractivity contribution in [1.29, 1.82) is 0 Å². The van der Waals surface area contributed by atoms with Crippen molar-refractivity contribution in [3.8, 4) is 0 Å². The summed E-state index contributed by atoms with van der Waals surface area (Å²) in [5, 5.41) is 6.51. The molecule has 0 bridgehead atoms. The Morgan fingerprint density at radius 2 is 1.91 bits per heavy atom. The fourth-order valence-corrected chi connectivity index (χ4v) is 3.24. The van der Waals surface area contributed by atoms with Crippen LogP contribution < -0.4 is 10.6 Å². The van der Waals surface area contributed by atoms with Gasteiger partial charge in [-0.1, -0.05) is 12.1 Å². The summed E-state index contributed by atoms with van der Waals surface area (Å²) in [7, 11) is 1.75. The first-order valence-electron chi connectivity index (χ1n) is 6.60. The fraction of sp³-hybridized carbons (Fsp3) is 0.267. The number of nitrogens with zero attached hydrogens (tertiary/aromatic N) is 1. The zero-order valence-corrected chi connectivity index (χ0v) is 16.8. The normalized spacial score (nSPS) is 11.0. The lowest BCUT2D eigenvalue weighted by atomic mass is 10.1. The lowest BCUT2D eigenvalue weighted by molar-refractivity contribution is 0.626. The van der Waals surface area contributed by atoms with Crippen molar-refractivity contribution in [2.45, 2.75) is 13.0 Å². The number of halogens is 3. The van der Waals surface area contributed by atoms with E-state index in [9.17, 15) is 4.39 Å². The molecule has 2 rings (SSSR count). The highest BCUT2D eigenvalue weighted by Gasteiger charge is 2.01. The van der Waals surface area contributed by atoms with Crippen molar-refractivity contribution >= 4 is 57.2 Å². The van der Waals surface area contributed by atoms with E-state index in [1.807, 2.05) is 6.07 Å². The Bertz CT molecular complexity index is 601. The van der Waals surface area contributed by atoms with Crippen molar-refractivity contribution in [2.24, 2.45) is 4.99 Å². The average Bonchev–Trinajstić information content (AvgIpc) is 2.90. The Morgan fingerprint density at radius 3 is 2.50 bits per heavy atom. The van der Waals surface area contributed by atoms with Crippen molar-refractivity contribution in [3.05, 3.63) is 56.4 Å². The summed E-state index contributed by atoms with van der Waals surface area (Å²) in [6.07, 6.45) is 0.825. The molecule has 1 aromatic heterocycles. The molecule has 0 spiro atoms. The molecule has 1 heterocycles. The van der Waals surface area contributed by atoms with Gasteiger partial charge in [0.1, 0.15) is 5.82 Å². The van der Waals surface area contributed by atoms with E-state index < -0.39 is 0 Å². The van der Waals surface area contributed by atoms with Gasteiger partial charge >= 0.3 is 0 Å². The molecule has 0 amide bonds. The monoisotopic (exact) mass is 497 g/mol. The molecule has 22 heavy (non-hydrogen) atoms. The predicted molar refractivity (Wildman–Crippen MR) is 106 cm³/mol. The van der Waals surface area contributed by atoms with Gasteiger partial charge in [0.2, 0.25) is 0 Å². The van der Waals surface area contributed by atoms with Crippen LogP contribution in [-0.4, -0.2) is 19.6 Å². The Kier molecular flexibility index (Phi) is 8.96. The van der Waals surface area contributed by atoms with Gasteiger partial charge in [-0.05, 0) is 52.2 Å². The molecule has 3 nitrogen and oxygen atoms in total. The summed E-state index contributed by atoms with van der Waals surface area (Å²) in [6.45, 7) is 1.49. The van der Waals surface area contributed by atoms with Crippen LogP contribution in [0.1, 0.15) is 10.4 Å². The van der Waals surface area contributed by atoms with Crippen LogP contribution in [-0.2, 0) is 13.0 Å². The van der Waals surface area contributed by atoms with Crippen molar-refractivity contribution in [1.82, 2.24) is 10.6 Å². The van der Waals surface area contributed by atoms with Crippen molar-refractivity contribution < 1.29 is 4.39 Å². The minimum atomic E-state index is -0.203. The molecular formula is C15H18BrFIN3S. The molecule has 2 aromatic rings. The van der Waals surface area contributed by atoms with E-state index in [0.717, 1.165) is 34.8 Å². The molecular weight excluding hydrogens is 480 g/mol. The molecule has 0 saturated heterocycles. The highest BCUT2D eigenvalue weighted by molar-refractivity contribution is 14.0. The predicted octanol–water partition coefficient (Wildman–Crippen LogP) is 4.18. The van der Waals surface area contributed by atoms with Gasteiger partial charge in [-0.25, -0.2) is 4.39 Å². The molecule has 0 unspecified atom stereocenters. The van der Waals surface area contributed by atoms with Crippen LogP contribution in [0.5, 0.6) is 0 Å². The summed E-state index contributed by atoms with van der Waals surface area (Å²) in [5.41, 5.74) is 1.10. The maximum absolute atomic E-state index is 12.8. The zero-order valence-electron chi connectivity index (χ0n) is 12.1. The number of aliphatic imine (C=N–C) groups is 1. The maximum Gasteiger partial charge on any atom is 0.191 e. The molecule has 0 aliphatic carbocycles. The van der Waals surface area contributed by atoms with E-state index in [-0.39, 0.29) is 29.8 Å². The van der Waals surface area contributed by atoms with Gasteiger partial charge in [-0.3, -0.25) is 4.99 Å². The second-order valence-electron chi connectivity index (χ2n) is 4.43. The molecule has 7 heteroatoms. The number of hydrogen-bond acceptors (Lipinski definition) is 2. The SMILES string of the molecule is CN=C(NCCc1ccc(F)cc1)NCc1ccc(Br)s1.I. The highest BCUT2D eigenvalue weighted by Crippen LogP contribution is 2.21. The third-order valence-corrected chi connectivity index (χ3v) is 4.53. The molecule has 0 aliphatic rings. The van der Waals surface area contributed by atoms with Crippen LogP contribution in [0.25, 0.3) is 0 Å². The van der Waals surface area contributed by atoms with Crippen molar-refractivity contribution in [2.75, 3.05) is 13.6 Å². The van der Waals surface area contributed by atoms with Crippen LogP contribution in [0.15, 0.2) is 45.2 Å². The smallest absolute Gasteiger partial charge is 0.191 e. The minimum absolute atomic E-state index is 0. The van der Waals surface area contributed by atoms with Gasteiger partial charge in [0.05, 0.1) is 10.3 Å². The number of hydrogen-bond donors (Lipinski definition) is 2. The summed E-state index contributed by atoms with van der Waals surface area (Å²) in [5.74, 6) is 0.563. The number of rotatable bonds is 5. The Balaban J connectivity index is 0.00000242. The summed E-state index contributed by atoms with van der Waals surface area (Å²) < 4.78 is 13.9. The van der Waals surface area contributed by atoms with Gasteiger partial charge < -0.3 is 10.6 Å². The number of guanidine groups is 1. The highest BCUT2D eigenvalue weighted by atomic mass is 127. The maximum atomic E-state index is 12.8. The van der Waals surface area contributed by atoms with E-state index in [4.69, 9.17) is 0 Å². The summed E-state index contributed by atoms with van der Waals surface area (Å²) in [4.78, 5) is 5.42. The molecule has 120 valence electrons. The van der Waals surface area contributed by atoms with E-state index in [1.54, 1.807) is 30.5 Å². The third-order valence-electron chi connectivity index (χ3n) is 2.90. The molecule has 0 aliphatic heterocycles. The fourth-order valence-electron chi connectivity index (χ4n) is 1.81. The van der Waals surface area contributed by atoms with E-state index in [1.165, 1.54) is 17.0 Å². The Labute approximate surface area is 159 Å². The second kappa shape index (κ2) is 10.2. The lowest BCUT2D eigenvalue weighted by Gasteiger charge is -2.11. The van der Waals surface area contributed by atoms with E-state index in [0.29, 0.717) is 0 Å². The first-order valence-corrected chi connectivity index (χ1v) is 8.21. The lowest BCUT2D eigenvalue weighted by Crippen LogP contribution is -2.37. The second-order valence-corrected chi connectivity index (χ2v) is 6.98. The van der Waals surface area contributed by atoms with Gasteiger partial charge in [0.15, 0.2) is 5.96 Å². The van der Waals surface area contributed by atoms with Gasteiger partial charge in [-0.15, -0.1) is 35.3 Å². The Hall–Kier alpha value is -0.670. The first-order chi connectivity index (χ1) is 10.2. The summed E-state index contributed by atoms with van der Waals surface area (Å²) >= 11 is 5.15. The summed E-state index contributed by atoms with van der Waals surface area (Å²) in [6, 6.07) is 10.7. The molecule has 0 saturated carbocycles. The molecule has 0 atom stereocenters. The topological polar surface area (TPSA) is 36.4 Å². The number of nitrogens with one attached hydrogen (secondary N) is 2. The number of thiophene rings is 1. The van der Waals surface area contributed by atoms with Crippen LogP contribution in [0, 0.1) is 5.82 Å². The largest absolute Gasteiger partial charge is 0.356 e. The van der Waals surface area contributed by atoms with E-state index in [2.05, 4.69) is 37.6 Å². The van der Waals surface area contributed by atoms with Crippen LogP contribution in [0.4, 0.5) is 4.39 Å². The molecule has 1 aromatic carbocycles. The third kappa shape index (κ3) is 6.62. The van der Waals surface area contributed by atoms with Crippen LogP contribution >= 0.6 is 51.2 Å². The van der Waals surface area contributed by atoms with E-state index >= 15 is 0 Å². The van der Waals surface area contributed by atoms with Crippen LogP contribution in [0.2, 0.25) is 0 Å². The standard InChI is InChI=1S/C15H17BrFN3S.HI/c1-18-15(20-10-13-6-7-14(16)21-13)19-9-8-11-2-4-12(17)5-3-11;/h2-7H,8-10H2,1H3,(H2,18,19,20);1H. The first kappa shape index (κ1) is 19.4. The van der Waals surface area contributed by atoms with Crippen LogP contribution in [0.3, 0.4) is 0 Å².